The van der Waals surface area contributed by atoms with E-state index in [1.165, 1.54) is 18.2 Å². The van der Waals surface area contributed by atoms with Crippen LogP contribution >= 0.6 is 0 Å². The van der Waals surface area contributed by atoms with Crippen LogP contribution in [0.15, 0.2) is 66.7 Å². The van der Waals surface area contributed by atoms with E-state index in [4.69, 9.17) is 0 Å². The second-order valence-corrected chi connectivity index (χ2v) is 5.94. The fourth-order valence-corrected chi connectivity index (χ4v) is 3.22. The molecule has 0 aromatic heterocycles. The Hall–Kier alpha value is -3.80. The molecule has 6 nitrogen and oxygen atoms in total. The highest BCUT2D eigenvalue weighted by atomic mass is 16.6. The molecule has 0 amide bonds. The molecule has 0 fully saturated rings. The van der Waals surface area contributed by atoms with Gasteiger partial charge in [0.1, 0.15) is 0 Å². The van der Waals surface area contributed by atoms with E-state index in [0.29, 0.717) is 0 Å². The van der Waals surface area contributed by atoms with Crippen molar-refractivity contribution < 1.29 is 9.85 Å². The van der Waals surface area contributed by atoms with Gasteiger partial charge in [0.2, 0.25) is 0 Å². The van der Waals surface area contributed by atoms with E-state index in [1.807, 2.05) is 30.3 Å². The summed E-state index contributed by atoms with van der Waals surface area (Å²) in [5.41, 5.74) is 5.46. The number of benzene rings is 3. The van der Waals surface area contributed by atoms with Crippen LogP contribution in [0.2, 0.25) is 0 Å². The number of non-ortho nitro benzene ring substituents is 2. The number of nitro benzene ring substituents is 2. The second-order valence-electron chi connectivity index (χ2n) is 5.94. The molecule has 0 spiro atoms. The Kier molecular flexibility index (Phi) is 3.58. The Labute approximate surface area is 148 Å². The Bertz CT molecular complexity index is 1090. The third-order valence-electron chi connectivity index (χ3n) is 4.43. The van der Waals surface area contributed by atoms with Crippen molar-refractivity contribution in [2.24, 2.45) is 0 Å². The van der Waals surface area contributed by atoms with Gasteiger partial charge in [0.15, 0.2) is 0 Å². The van der Waals surface area contributed by atoms with Crippen molar-refractivity contribution in [3.8, 4) is 11.1 Å². The van der Waals surface area contributed by atoms with Gasteiger partial charge in [-0.25, -0.2) is 0 Å². The number of fused-ring (bicyclic) bond motifs is 3. The summed E-state index contributed by atoms with van der Waals surface area (Å²) in [6.45, 7) is 0. The summed E-state index contributed by atoms with van der Waals surface area (Å²) in [5, 5.41) is 22.0. The van der Waals surface area contributed by atoms with E-state index in [-0.39, 0.29) is 11.4 Å². The fraction of sp³-hybridized carbons (Fsp3) is 0. The maximum Gasteiger partial charge on any atom is 0.270 e. The van der Waals surface area contributed by atoms with Gasteiger partial charge >= 0.3 is 0 Å². The molecule has 4 rings (SSSR count). The molecule has 0 N–H and O–H groups in total. The first kappa shape index (κ1) is 15.7. The van der Waals surface area contributed by atoms with Gasteiger partial charge < -0.3 is 0 Å². The molecule has 0 heterocycles. The lowest BCUT2D eigenvalue weighted by atomic mass is 10.0. The molecule has 0 saturated heterocycles. The molecular weight excluding hydrogens is 332 g/mol. The molecule has 3 aromatic rings. The van der Waals surface area contributed by atoms with Gasteiger partial charge in [-0.15, -0.1) is 0 Å². The SMILES string of the molecule is O=[N+]([O-])c1ccc(/C=C2\c3ccccc3-c3ccc([N+](=O)[O-])cc32)cc1. The number of hydrogen-bond donors (Lipinski definition) is 0. The molecule has 6 heteroatoms. The van der Waals surface area contributed by atoms with Crippen LogP contribution in [-0.4, -0.2) is 9.85 Å². The zero-order valence-corrected chi connectivity index (χ0v) is 13.5. The lowest BCUT2D eigenvalue weighted by Crippen LogP contribution is -1.90. The van der Waals surface area contributed by atoms with Crippen molar-refractivity contribution in [3.05, 3.63) is 104 Å². The number of hydrogen-bond acceptors (Lipinski definition) is 4. The topological polar surface area (TPSA) is 86.3 Å². The normalized spacial score (nSPS) is 13.3. The molecule has 1 aliphatic carbocycles. The fourth-order valence-electron chi connectivity index (χ4n) is 3.22. The van der Waals surface area contributed by atoms with E-state index >= 15 is 0 Å². The minimum atomic E-state index is -0.444. The molecule has 126 valence electrons. The summed E-state index contributed by atoms with van der Waals surface area (Å²) in [6.07, 6.45) is 1.90. The highest BCUT2D eigenvalue weighted by molar-refractivity contribution is 6.06. The van der Waals surface area contributed by atoms with Gasteiger partial charge in [0.25, 0.3) is 11.4 Å². The molecule has 0 bridgehead atoms. The largest absolute Gasteiger partial charge is 0.270 e. The third-order valence-corrected chi connectivity index (χ3v) is 4.43. The van der Waals surface area contributed by atoms with Crippen molar-refractivity contribution >= 4 is 23.0 Å². The average molecular weight is 344 g/mol. The zero-order chi connectivity index (χ0) is 18.3. The first-order valence-corrected chi connectivity index (χ1v) is 7.89. The Balaban J connectivity index is 1.89. The van der Waals surface area contributed by atoms with Crippen molar-refractivity contribution in [2.75, 3.05) is 0 Å². The van der Waals surface area contributed by atoms with Crippen molar-refractivity contribution in [3.63, 3.8) is 0 Å². The highest BCUT2D eigenvalue weighted by Gasteiger charge is 2.25. The Morgan fingerprint density at radius 1 is 0.654 bits per heavy atom. The smallest absolute Gasteiger partial charge is 0.258 e. The summed E-state index contributed by atoms with van der Waals surface area (Å²) in [4.78, 5) is 21.1. The highest BCUT2D eigenvalue weighted by Crippen LogP contribution is 2.46. The van der Waals surface area contributed by atoms with Gasteiger partial charge in [0, 0.05) is 24.3 Å². The van der Waals surface area contributed by atoms with Crippen LogP contribution in [-0.2, 0) is 0 Å². The van der Waals surface area contributed by atoms with Gasteiger partial charge in [0.05, 0.1) is 9.85 Å². The molecule has 3 aromatic carbocycles. The Morgan fingerprint density at radius 3 is 1.88 bits per heavy atom. The quantitative estimate of drug-likeness (QED) is 0.383. The van der Waals surface area contributed by atoms with E-state index in [1.54, 1.807) is 24.3 Å². The van der Waals surface area contributed by atoms with Crippen molar-refractivity contribution in [1.82, 2.24) is 0 Å². The van der Waals surface area contributed by atoms with Gasteiger partial charge in [-0.1, -0.05) is 24.3 Å². The first-order valence-electron chi connectivity index (χ1n) is 7.89. The summed E-state index contributed by atoms with van der Waals surface area (Å²) >= 11 is 0. The molecule has 1 aliphatic rings. The average Bonchev–Trinajstić information content (AvgIpc) is 2.96. The van der Waals surface area contributed by atoms with Gasteiger partial charge in [-0.3, -0.25) is 20.2 Å². The van der Waals surface area contributed by atoms with Crippen LogP contribution in [0.5, 0.6) is 0 Å². The summed E-state index contributed by atoms with van der Waals surface area (Å²) in [7, 11) is 0. The van der Waals surface area contributed by atoms with Crippen molar-refractivity contribution in [2.45, 2.75) is 0 Å². The summed E-state index contributed by atoms with van der Waals surface area (Å²) in [5.74, 6) is 0. The van der Waals surface area contributed by atoms with E-state index in [0.717, 1.165) is 33.4 Å². The van der Waals surface area contributed by atoms with Crippen LogP contribution in [0.1, 0.15) is 16.7 Å². The standard InChI is InChI=1S/C20H12N2O4/c23-21(24)14-7-5-13(6-8-14)11-19-17-4-2-1-3-16(17)18-10-9-15(22(25)26)12-20(18)19/h1-12H/b19-11+. The molecule has 0 unspecified atom stereocenters. The van der Waals surface area contributed by atoms with Crippen LogP contribution in [0.25, 0.3) is 22.8 Å². The van der Waals surface area contributed by atoms with E-state index in [2.05, 4.69) is 0 Å². The first-order chi connectivity index (χ1) is 12.5. The number of rotatable bonds is 3. The van der Waals surface area contributed by atoms with Crippen LogP contribution < -0.4 is 0 Å². The summed E-state index contributed by atoms with van der Waals surface area (Å²) < 4.78 is 0. The monoisotopic (exact) mass is 344 g/mol. The lowest BCUT2D eigenvalue weighted by Gasteiger charge is -2.03. The predicted octanol–water partition coefficient (Wildman–Crippen LogP) is 5.07. The van der Waals surface area contributed by atoms with Crippen LogP contribution in [0.3, 0.4) is 0 Å². The summed E-state index contributed by atoms with van der Waals surface area (Å²) in [6, 6.07) is 18.9. The molecule has 0 radical (unpaired) electrons. The molecule has 0 atom stereocenters. The van der Waals surface area contributed by atoms with E-state index in [9.17, 15) is 20.2 Å². The van der Waals surface area contributed by atoms with Gasteiger partial charge in [-0.2, -0.15) is 0 Å². The minimum absolute atomic E-state index is 0.0232. The zero-order valence-electron chi connectivity index (χ0n) is 13.5. The van der Waals surface area contributed by atoms with Crippen LogP contribution in [0, 0.1) is 20.2 Å². The lowest BCUT2D eigenvalue weighted by molar-refractivity contribution is -0.385. The Morgan fingerprint density at radius 2 is 1.23 bits per heavy atom. The molecule has 26 heavy (non-hydrogen) atoms. The molecule has 0 saturated carbocycles. The maximum absolute atomic E-state index is 11.2. The maximum atomic E-state index is 11.2. The molecular formula is C20H12N2O4. The minimum Gasteiger partial charge on any atom is -0.258 e. The number of nitro groups is 2. The van der Waals surface area contributed by atoms with Gasteiger partial charge in [-0.05, 0) is 57.7 Å². The predicted molar refractivity (Wildman–Crippen MR) is 98.6 cm³/mol. The van der Waals surface area contributed by atoms with Crippen LogP contribution in [0.4, 0.5) is 11.4 Å². The van der Waals surface area contributed by atoms with Crippen molar-refractivity contribution in [1.29, 1.82) is 0 Å². The third kappa shape index (κ3) is 2.53. The molecule has 0 aliphatic heterocycles. The van der Waals surface area contributed by atoms with E-state index < -0.39 is 9.85 Å². The number of nitrogens with zero attached hydrogens (tertiary/aromatic N) is 2. The second kappa shape index (κ2) is 5.93.